The number of nitrogens with two attached hydrogens (primary N) is 1. The summed E-state index contributed by atoms with van der Waals surface area (Å²) in [5, 5.41) is 2.72. The van der Waals surface area contributed by atoms with Crippen LogP contribution in [0.2, 0.25) is 0 Å². The molecule has 0 aliphatic carbocycles. The average Bonchev–Trinajstić information content (AvgIpc) is 3.18. The molecule has 2 heterocycles. The van der Waals surface area contributed by atoms with Crippen molar-refractivity contribution in [2.24, 2.45) is 0 Å². The Labute approximate surface area is 170 Å². The monoisotopic (exact) mass is 426 g/mol. The standard InChI is InChI=1S/C19H15FN6O3S/c20-30(28,29)14-7-5-13(6-8-14)19(27)22-9-11-1-3-12(4-2-11)17-25-15-16(21)23-10-24-18(15)26-17/h1-8,10H,9H2,(H,22,27)(H3,21,23,24,25,26). The van der Waals surface area contributed by atoms with E-state index in [4.69, 9.17) is 5.73 Å². The molecule has 0 saturated heterocycles. The van der Waals surface area contributed by atoms with Crippen LogP contribution in [0.5, 0.6) is 0 Å². The Kier molecular flexibility index (Phi) is 4.88. The van der Waals surface area contributed by atoms with Gasteiger partial charge >= 0.3 is 10.2 Å². The summed E-state index contributed by atoms with van der Waals surface area (Å²) in [5.41, 5.74) is 8.72. The predicted octanol–water partition coefficient (Wildman–Crippen LogP) is 2.19. The highest BCUT2D eigenvalue weighted by molar-refractivity contribution is 7.86. The average molecular weight is 426 g/mol. The van der Waals surface area contributed by atoms with Crippen molar-refractivity contribution in [2.75, 3.05) is 5.73 Å². The number of imidazole rings is 1. The van der Waals surface area contributed by atoms with E-state index >= 15 is 0 Å². The van der Waals surface area contributed by atoms with Crippen LogP contribution < -0.4 is 11.1 Å². The molecule has 4 aromatic rings. The quantitative estimate of drug-likeness (QED) is 0.415. The van der Waals surface area contributed by atoms with Gasteiger partial charge < -0.3 is 16.0 Å². The fourth-order valence-corrected chi connectivity index (χ4v) is 3.28. The molecule has 0 fully saturated rings. The second-order valence-corrected chi connectivity index (χ2v) is 7.73. The zero-order valence-electron chi connectivity index (χ0n) is 15.3. The van der Waals surface area contributed by atoms with Gasteiger partial charge in [-0.2, -0.15) is 8.42 Å². The number of amides is 1. The van der Waals surface area contributed by atoms with E-state index in [1.165, 1.54) is 18.5 Å². The van der Waals surface area contributed by atoms with E-state index in [-0.39, 0.29) is 12.1 Å². The Morgan fingerprint density at radius 1 is 1.07 bits per heavy atom. The van der Waals surface area contributed by atoms with Crippen LogP contribution in [0.4, 0.5) is 9.70 Å². The van der Waals surface area contributed by atoms with Gasteiger partial charge in [-0.3, -0.25) is 4.79 Å². The lowest BCUT2D eigenvalue weighted by atomic mass is 10.1. The Morgan fingerprint density at radius 3 is 2.40 bits per heavy atom. The highest BCUT2D eigenvalue weighted by atomic mass is 32.3. The van der Waals surface area contributed by atoms with Gasteiger partial charge in [0.2, 0.25) is 0 Å². The van der Waals surface area contributed by atoms with Crippen molar-refractivity contribution in [1.82, 2.24) is 25.3 Å². The fraction of sp³-hybridized carbons (Fsp3) is 0.0526. The number of aromatic nitrogens is 4. The van der Waals surface area contributed by atoms with Crippen LogP contribution in [0.3, 0.4) is 0 Å². The minimum Gasteiger partial charge on any atom is -0.382 e. The van der Waals surface area contributed by atoms with Crippen LogP contribution >= 0.6 is 0 Å². The zero-order chi connectivity index (χ0) is 21.3. The summed E-state index contributed by atoms with van der Waals surface area (Å²) >= 11 is 0. The number of halogens is 1. The smallest absolute Gasteiger partial charge is 0.332 e. The summed E-state index contributed by atoms with van der Waals surface area (Å²) in [6.45, 7) is 0.251. The number of H-pyrrole nitrogens is 1. The summed E-state index contributed by atoms with van der Waals surface area (Å²) in [7, 11) is -4.79. The molecule has 0 spiro atoms. The zero-order valence-corrected chi connectivity index (χ0v) is 16.1. The second-order valence-electron chi connectivity index (χ2n) is 6.38. The number of rotatable bonds is 5. The van der Waals surface area contributed by atoms with Crippen molar-refractivity contribution in [3.05, 3.63) is 66.0 Å². The maximum absolute atomic E-state index is 12.9. The van der Waals surface area contributed by atoms with E-state index in [2.05, 4.69) is 25.3 Å². The number of aromatic amines is 1. The Bertz CT molecular complexity index is 1340. The van der Waals surface area contributed by atoms with Crippen LogP contribution in [0.15, 0.2) is 59.8 Å². The Balaban J connectivity index is 1.43. The van der Waals surface area contributed by atoms with Gasteiger partial charge in [-0.25, -0.2) is 15.0 Å². The van der Waals surface area contributed by atoms with Crippen molar-refractivity contribution in [3.8, 4) is 11.4 Å². The summed E-state index contributed by atoms with van der Waals surface area (Å²) in [5.74, 6) is 0.499. The van der Waals surface area contributed by atoms with E-state index < -0.39 is 21.0 Å². The third-order valence-electron chi connectivity index (χ3n) is 4.40. The maximum Gasteiger partial charge on any atom is 0.332 e. The van der Waals surface area contributed by atoms with E-state index in [0.717, 1.165) is 23.3 Å². The van der Waals surface area contributed by atoms with Crippen molar-refractivity contribution in [2.45, 2.75) is 11.4 Å². The van der Waals surface area contributed by atoms with Gasteiger partial charge in [-0.05, 0) is 29.8 Å². The topological polar surface area (TPSA) is 144 Å². The minimum absolute atomic E-state index is 0.222. The molecule has 4 N–H and O–H groups in total. The Morgan fingerprint density at radius 2 is 1.77 bits per heavy atom. The molecule has 30 heavy (non-hydrogen) atoms. The van der Waals surface area contributed by atoms with Crippen LogP contribution in [-0.4, -0.2) is 34.3 Å². The molecule has 9 nitrogen and oxygen atoms in total. The summed E-state index contributed by atoms with van der Waals surface area (Å²) < 4.78 is 34.6. The number of nitrogen functional groups attached to an aromatic ring is 1. The molecule has 152 valence electrons. The van der Waals surface area contributed by atoms with Crippen LogP contribution in [0.1, 0.15) is 15.9 Å². The molecule has 1 amide bonds. The number of carbonyl (C=O) groups excluding carboxylic acids is 1. The number of anilines is 1. The van der Waals surface area contributed by atoms with Crippen molar-refractivity contribution < 1.29 is 17.1 Å². The molecule has 0 saturated carbocycles. The molecule has 2 aromatic heterocycles. The predicted molar refractivity (Wildman–Crippen MR) is 107 cm³/mol. The summed E-state index contributed by atoms with van der Waals surface area (Å²) in [4.78, 5) is 27.2. The molecular formula is C19H15FN6O3S. The second kappa shape index (κ2) is 7.52. The van der Waals surface area contributed by atoms with Crippen LogP contribution in [0, 0.1) is 0 Å². The number of hydrogen-bond acceptors (Lipinski definition) is 7. The Hall–Kier alpha value is -3.86. The number of nitrogens with zero attached hydrogens (tertiary/aromatic N) is 3. The minimum atomic E-state index is -4.79. The van der Waals surface area contributed by atoms with Crippen molar-refractivity contribution in [3.63, 3.8) is 0 Å². The number of fused-ring (bicyclic) bond motifs is 1. The number of benzene rings is 2. The first-order valence-electron chi connectivity index (χ1n) is 8.70. The molecule has 0 bridgehead atoms. The fourth-order valence-electron chi connectivity index (χ4n) is 2.82. The van der Waals surface area contributed by atoms with E-state index in [1.807, 2.05) is 24.3 Å². The molecule has 0 aliphatic rings. The van der Waals surface area contributed by atoms with Gasteiger partial charge in [0.05, 0.1) is 4.90 Å². The van der Waals surface area contributed by atoms with Crippen LogP contribution in [-0.2, 0) is 16.8 Å². The summed E-state index contributed by atoms with van der Waals surface area (Å²) in [6, 6.07) is 11.9. The van der Waals surface area contributed by atoms with Crippen LogP contribution in [0.25, 0.3) is 22.6 Å². The van der Waals surface area contributed by atoms with Crippen molar-refractivity contribution >= 4 is 33.1 Å². The number of carbonyl (C=O) groups is 1. The number of hydrogen-bond donors (Lipinski definition) is 3. The summed E-state index contributed by atoms with van der Waals surface area (Å²) in [6.07, 6.45) is 1.35. The highest BCUT2D eigenvalue weighted by Crippen LogP contribution is 2.22. The molecule has 2 aromatic carbocycles. The molecule has 11 heteroatoms. The van der Waals surface area contributed by atoms with E-state index in [0.29, 0.717) is 22.8 Å². The lowest BCUT2D eigenvalue weighted by Crippen LogP contribution is -2.22. The molecule has 4 rings (SSSR count). The van der Waals surface area contributed by atoms with E-state index in [1.54, 1.807) is 0 Å². The largest absolute Gasteiger partial charge is 0.382 e. The first kappa shape index (κ1) is 19.5. The van der Waals surface area contributed by atoms with Gasteiger partial charge in [0, 0.05) is 17.7 Å². The first-order valence-corrected chi connectivity index (χ1v) is 10.1. The normalized spacial score (nSPS) is 11.5. The third kappa shape index (κ3) is 3.96. The van der Waals surface area contributed by atoms with Gasteiger partial charge in [0.15, 0.2) is 11.5 Å². The van der Waals surface area contributed by atoms with Gasteiger partial charge in [-0.15, -0.1) is 3.89 Å². The lowest BCUT2D eigenvalue weighted by Gasteiger charge is -2.06. The van der Waals surface area contributed by atoms with Gasteiger partial charge in [0.25, 0.3) is 5.91 Å². The molecule has 0 unspecified atom stereocenters. The molecule has 0 radical (unpaired) electrons. The molecular weight excluding hydrogens is 411 g/mol. The SMILES string of the molecule is Nc1ncnc2nc(-c3ccc(CNC(=O)c4ccc(S(=O)(=O)F)cc4)cc3)[nH]c12. The highest BCUT2D eigenvalue weighted by Gasteiger charge is 2.13. The molecule has 0 aliphatic heterocycles. The molecule has 0 atom stereocenters. The number of nitrogens with one attached hydrogen (secondary N) is 2. The van der Waals surface area contributed by atoms with Crippen molar-refractivity contribution in [1.29, 1.82) is 0 Å². The van der Waals surface area contributed by atoms with E-state index in [9.17, 15) is 17.1 Å². The van der Waals surface area contributed by atoms with Gasteiger partial charge in [0.1, 0.15) is 17.7 Å². The maximum atomic E-state index is 12.9. The van der Waals surface area contributed by atoms with Gasteiger partial charge in [-0.1, -0.05) is 24.3 Å². The first-order chi connectivity index (χ1) is 14.3. The third-order valence-corrected chi connectivity index (χ3v) is 5.23. The lowest BCUT2D eigenvalue weighted by molar-refractivity contribution is 0.0951.